The van der Waals surface area contributed by atoms with Crippen molar-refractivity contribution in [2.75, 3.05) is 0 Å². The molecule has 0 atom stereocenters. The van der Waals surface area contributed by atoms with Gasteiger partial charge in [-0.15, -0.1) is 6.58 Å². The van der Waals surface area contributed by atoms with E-state index in [0.717, 1.165) is 0 Å². The van der Waals surface area contributed by atoms with Gasteiger partial charge < -0.3 is 24.5 Å². The molecule has 29 heavy (non-hydrogen) atoms. The van der Waals surface area contributed by atoms with E-state index in [2.05, 4.69) is 6.58 Å². The van der Waals surface area contributed by atoms with Gasteiger partial charge in [-0.1, -0.05) is 26.0 Å². The topological polar surface area (TPSA) is 100 Å². The number of hydrogen-bond donors (Lipinski definition) is 3. The summed E-state index contributed by atoms with van der Waals surface area (Å²) >= 11 is 0. The van der Waals surface area contributed by atoms with Crippen LogP contribution in [0.1, 0.15) is 38.8 Å². The normalized spacial score (nSPS) is 15.3. The Bertz CT molecular complexity index is 1290. The van der Waals surface area contributed by atoms with Gasteiger partial charge in [-0.05, 0) is 32.1 Å². The second-order valence-electron chi connectivity index (χ2n) is 8.41. The number of fused-ring (bicyclic) bond motifs is 3. The molecule has 6 heteroatoms. The van der Waals surface area contributed by atoms with Gasteiger partial charge in [0.2, 0.25) is 11.2 Å². The van der Waals surface area contributed by atoms with E-state index in [-0.39, 0.29) is 44.9 Å². The van der Waals surface area contributed by atoms with Crippen LogP contribution in [0, 0.1) is 0 Å². The molecular weight excluding hydrogens is 372 g/mol. The van der Waals surface area contributed by atoms with Crippen LogP contribution in [0.3, 0.4) is 0 Å². The van der Waals surface area contributed by atoms with Crippen LogP contribution >= 0.6 is 0 Å². The summed E-state index contributed by atoms with van der Waals surface area (Å²) in [6.45, 7) is 11.0. The number of benzene rings is 2. The molecule has 0 radical (unpaired) electrons. The Labute approximate surface area is 167 Å². The first kappa shape index (κ1) is 18.9. The summed E-state index contributed by atoms with van der Waals surface area (Å²) in [6, 6.07) is 2.88. The third-order valence-electron chi connectivity index (χ3n) is 5.38. The van der Waals surface area contributed by atoms with Gasteiger partial charge in [-0.3, -0.25) is 4.79 Å². The molecule has 2 heterocycles. The lowest BCUT2D eigenvalue weighted by Crippen LogP contribution is -2.27. The molecule has 0 aliphatic carbocycles. The lowest BCUT2D eigenvalue weighted by molar-refractivity contribution is 0.153. The van der Waals surface area contributed by atoms with Crippen molar-refractivity contribution >= 4 is 28.0 Å². The summed E-state index contributed by atoms with van der Waals surface area (Å²) in [7, 11) is 0. The van der Waals surface area contributed by atoms with Crippen molar-refractivity contribution in [1.29, 1.82) is 0 Å². The number of rotatable bonds is 2. The smallest absolute Gasteiger partial charge is 0.204 e. The second-order valence-corrected chi connectivity index (χ2v) is 8.41. The molecule has 3 aromatic rings. The van der Waals surface area contributed by atoms with E-state index in [4.69, 9.17) is 9.15 Å². The number of ether oxygens (including phenoxy) is 1. The molecule has 0 saturated carbocycles. The van der Waals surface area contributed by atoms with Crippen molar-refractivity contribution in [2.24, 2.45) is 0 Å². The van der Waals surface area contributed by atoms with Gasteiger partial charge in [0, 0.05) is 16.5 Å². The first-order valence-electron chi connectivity index (χ1n) is 9.20. The van der Waals surface area contributed by atoms with Crippen molar-refractivity contribution in [3.8, 4) is 23.0 Å². The zero-order valence-electron chi connectivity index (χ0n) is 16.7. The molecule has 0 bridgehead atoms. The number of aromatic hydroxyl groups is 3. The average molecular weight is 394 g/mol. The van der Waals surface area contributed by atoms with E-state index in [1.807, 2.05) is 19.9 Å². The predicted octanol–water partition coefficient (Wildman–Crippen LogP) is 4.71. The first-order valence-corrected chi connectivity index (χ1v) is 9.20. The molecule has 2 aromatic carbocycles. The third-order valence-corrected chi connectivity index (χ3v) is 5.38. The van der Waals surface area contributed by atoms with Crippen LogP contribution in [-0.4, -0.2) is 20.9 Å². The number of hydrogen-bond acceptors (Lipinski definition) is 6. The highest BCUT2D eigenvalue weighted by molar-refractivity contribution is 6.00. The fourth-order valence-electron chi connectivity index (χ4n) is 3.54. The highest BCUT2D eigenvalue weighted by atomic mass is 16.5. The molecule has 150 valence electrons. The first-order chi connectivity index (χ1) is 13.5. The Hall–Kier alpha value is -3.41. The van der Waals surface area contributed by atoms with E-state index in [0.29, 0.717) is 11.1 Å². The van der Waals surface area contributed by atoms with Gasteiger partial charge >= 0.3 is 0 Å². The van der Waals surface area contributed by atoms with Gasteiger partial charge in [0.25, 0.3) is 0 Å². The lowest BCUT2D eigenvalue weighted by atomic mass is 9.83. The van der Waals surface area contributed by atoms with Crippen molar-refractivity contribution < 1.29 is 24.5 Å². The van der Waals surface area contributed by atoms with E-state index >= 15 is 0 Å². The minimum absolute atomic E-state index is 0.0740. The predicted molar refractivity (Wildman–Crippen MR) is 112 cm³/mol. The van der Waals surface area contributed by atoms with E-state index in [1.54, 1.807) is 32.1 Å². The van der Waals surface area contributed by atoms with Gasteiger partial charge in [0.05, 0.1) is 5.39 Å². The van der Waals surface area contributed by atoms with E-state index in [9.17, 15) is 20.1 Å². The molecule has 0 amide bonds. The number of phenols is 3. The molecule has 0 unspecified atom stereocenters. The largest absolute Gasteiger partial charge is 0.507 e. The van der Waals surface area contributed by atoms with Crippen LogP contribution in [0.5, 0.6) is 23.0 Å². The Morgan fingerprint density at radius 3 is 2.45 bits per heavy atom. The fourth-order valence-corrected chi connectivity index (χ4v) is 3.54. The number of phenolic OH excluding ortho intramolecular Hbond substituents is 3. The fraction of sp³-hybridized carbons (Fsp3) is 0.261. The molecule has 1 aromatic heterocycles. The van der Waals surface area contributed by atoms with Crippen molar-refractivity contribution in [3.63, 3.8) is 0 Å². The standard InChI is InChI=1S/C23H22O6/c1-6-22(2,3)13-10-14(24)21-15(17(13)26)16(25)12-9-11-7-8-23(4,5)29-19(11)18(27)20(12)28-21/h6-10,24,26-27H,1H2,2-5H3. The second kappa shape index (κ2) is 5.80. The van der Waals surface area contributed by atoms with Gasteiger partial charge in [-0.2, -0.15) is 0 Å². The zero-order chi connectivity index (χ0) is 21.3. The van der Waals surface area contributed by atoms with Crippen LogP contribution < -0.4 is 10.2 Å². The van der Waals surface area contributed by atoms with Gasteiger partial charge in [0.1, 0.15) is 16.7 Å². The minimum Gasteiger partial charge on any atom is -0.507 e. The van der Waals surface area contributed by atoms with Gasteiger partial charge in [0.15, 0.2) is 22.7 Å². The Balaban J connectivity index is 2.16. The molecule has 1 aliphatic rings. The Kier molecular flexibility index (Phi) is 3.78. The highest BCUT2D eigenvalue weighted by Crippen LogP contribution is 2.46. The molecule has 6 nitrogen and oxygen atoms in total. The average Bonchev–Trinajstić information content (AvgIpc) is 2.65. The summed E-state index contributed by atoms with van der Waals surface area (Å²) < 4.78 is 11.5. The van der Waals surface area contributed by atoms with Crippen molar-refractivity contribution in [1.82, 2.24) is 0 Å². The van der Waals surface area contributed by atoms with Crippen LogP contribution in [0.4, 0.5) is 0 Å². The quantitative estimate of drug-likeness (QED) is 0.331. The van der Waals surface area contributed by atoms with Crippen molar-refractivity contribution in [2.45, 2.75) is 38.7 Å². The summed E-state index contributed by atoms with van der Waals surface area (Å²) in [4.78, 5) is 13.3. The Morgan fingerprint density at radius 1 is 1.10 bits per heavy atom. The molecular formula is C23H22O6. The molecule has 1 aliphatic heterocycles. The van der Waals surface area contributed by atoms with Crippen LogP contribution in [0.25, 0.3) is 28.0 Å². The lowest BCUT2D eigenvalue weighted by Gasteiger charge is -2.28. The van der Waals surface area contributed by atoms with Crippen LogP contribution in [0.2, 0.25) is 0 Å². The third kappa shape index (κ3) is 2.67. The summed E-state index contributed by atoms with van der Waals surface area (Å²) in [5, 5.41) is 32.0. The van der Waals surface area contributed by atoms with Gasteiger partial charge in [-0.25, -0.2) is 0 Å². The zero-order valence-corrected chi connectivity index (χ0v) is 16.7. The molecule has 4 rings (SSSR count). The summed E-state index contributed by atoms with van der Waals surface area (Å²) in [6.07, 6.45) is 5.19. The summed E-state index contributed by atoms with van der Waals surface area (Å²) in [5.41, 5.74) is -1.35. The Morgan fingerprint density at radius 2 is 1.79 bits per heavy atom. The number of allylic oxidation sites excluding steroid dienone is 1. The molecule has 0 spiro atoms. The monoisotopic (exact) mass is 394 g/mol. The highest BCUT2D eigenvalue weighted by Gasteiger charge is 2.30. The summed E-state index contributed by atoms with van der Waals surface area (Å²) in [5.74, 6) is -0.743. The minimum atomic E-state index is -0.697. The van der Waals surface area contributed by atoms with Crippen LogP contribution in [-0.2, 0) is 5.41 Å². The molecule has 3 N–H and O–H groups in total. The SMILES string of the molecule is C=CC(C)(C)c1cc(O)c2oc3c(O)c4c(cc3c(=O)c2c1O)C=CC(C)(C)O4. The van der Waals surface area contributed by atoms with Crippen molar-refractivity contribution in [3.05, 3.63) is 52.2 Å². The van der Waals surface area contributed by atoms with E-state index in [1.165, 1.54) is 6.07 Å². The van der Waals surface area contributed by atoms with Crippen LogP contribution in [0.15, 0.2) is 40.1 Å². The maximum absolute atomic E-state index is 13.3. The molecule has 0 fully saturated rings. The maximum Gasteiger partial charge on any atom is 0.204 e. The molecule has 0 saturated heterocycles. The maximum atomic E-state index is 13.3. The van der Waals surface area contributed by atoms with E-state index < -0.39 is 16.4 Å².